The lowest BCUT2D eigenvalue weighted by Crippen LogP contribution is -2.22. The van der Waals surface area contributed by atoms with Crippen LogP contribution < -0.4 is 10.6 Å². The zero-order valence-electron chi connectivity index (χ0n) is 11.1. The van der Waals surface area contributed by atoms with Crippen LogP contribution in [0.1, 0.15) is 17.3 Å². The molecule has 5 nitrogen and oxygen atoms in total. The zero-order chi connectivity index (χ0) is 14.4. The van der Waals surface area contributed by atoms with Gasteiger partial charge in [-0.25, -0.2) is 4.39 Å². The highest BCUT2D eigenvalue weighted by molar-refractivity contribution is 5.94. The van der Waals surface area contributed by atoms with Gasteiger partial charge in [0.05, 0.1) is 18.6 Å². The largest absolute Gasteiger partial charge is 0.469 e. The van der Waals surface area contributed by atoms with Gasteiger partial charge in [-0.15, -0.1) is 0 Å². The lowest BCUT2D eigenvalue weighted by molar-refractivity contribution is -0.144. The second kappa shape index (κ2) is 6.72. The van der Waals surface area contributed by atoms with Crippen molar-refractivity contribution in [3.05, 3.63) is 29.6 Å². The van der Waals surface area contributed by atoms with Crippen LogP contribution in [0.15, 0.2) is 18.2 Å². The molecular formula is C13H17FN2O3. The molecule has 0 radical (unpaired) electrons. The molecule has 1 aromatic rings. The van der Waals surface area contributed by atoms with Crippen molar-refractivity contribution in [2.75, 3.05) is 26.0 Å². The van der Waals surface area contributed by atoms with Gasteiger partial charge in [0.2, 0.25) is 0 Å². The molecule has 0 saturated carbocycles. The Morgan fingerprint density at radius 2 is 2.11 bits per heavy atom. The van der Waals surface area contributed by atoms with Crippen molar-refractivity contribution in [2.24, 2.45) is 5.92 Å². The van der Waals surface area contributed by atoms with E-state index in [1.165, 1.54) is 26.3 Å². The van der Waals surface area contributed by atoms with Gasteiger partial charge < -0.3 is 15.4 Å². The number of nitrogens with one attached hydrogen (secondary N) is 2. The Labute approximate surface area is 111 Å². The molecule has 0 aliphatic rings. The summed E-state index contributed by atoms with van der Waals surface area (Å²) >= 11 is 0. The Bertz CT molecular complexity index is 477. The van der Waals surface area contributed by atoms with E-state index in [4.69, 9.17) is 0 Å². The minimum atomic E-state index is -0.616. The lowest BCUT2D eigenvalue weighted by Gasteiger charge is -2.12. The second-order valence-electron chi connectivity index (χ2n) is 4.08. The van der Waals surface area contributed by atoms with Crippen molar-refractivity contribution in [1.29, 1.82) is 0 Å². The second-order valence-corrected chi connectivity index (χ2v) is 4.08. The Hall–Kier alpha value is -2.11. The van der Waals surface area contributed by atoms with E-state index in [2.05, 4.69) is 15.4 Å². The monoisotopic (exact) mass is 268 g/mol. The number of anilines is 1. The average molecular weight is 268 g/mol. The quantitative estimate of drug-likeness (QED) is 0.792. The normalized spacial score (nSPS) is 11.6. The van der Waals surface area contributed by atoms with Crippen LogP contribution in [0.5, 0.6) is 0 Å². The molecule has 1 aromatic carbocycles. The Morgan fingerprint density at radius 1 is 1.42 bits per heavy atom. The van der Waals surface area contributed by atoms with E-state index in [0.29, 0.717) is 12.2 Å². The van der Waals surface area contributed by atoms with E-state index >= 15 is 0 Å². The van der Waals surface area contributed by atoms with E-state index in [-0.39, 0.29) is 17.5 Å². The van der Waals surface area contributed by atoms with Gasteiger partial charge in [-0.3, -0.25) is 9.59 Å². The smallest absolute Gasteiger partial charge is 0.310 e. The first kappa shape index (κ1) is 14.9. The van der Waals surface area contributed by atoms with Crippen molar-refractivity contribution in [3.63, 3.8) is 0 Å². The Kier molecular flexibility index (Phi) is 5.29. The Balaban J connectivity index is 2.69. The van der Waals surface area contributed by atoms with Gasteiger partial charge in [0.1, 0.15) is 5.82 Å². The fourth-order valence-corrected chi connectivity index (χ4v) is 1.50. The maximum atomic E-state index is 13.6. The van der Waals surface area contributed by atoms with Crippen LogP contribution >= 0.6 is 0 Å². The average Bonchev–Trinajstić information content (AvgIpc) is 2.43. The molecule has 1 unspecified atom stereocenters. The molecule has 0 saturated heterocycles. The van der Waals surface area contributed by atoms with E-state index in [1.54, 1.807) is 13.0 Å². The number of methoxy groups -OCH3 is 1. The van der Waals surface area contributed by atoms with Gasteiger partial charge in [-0.05, 0) is 18.2 Å². The van der Waals surface area contributed by atoms with Gasteiger partial charge >= 0.3 is 5.97 Å². The Morgan fingerprint density at radius 3 is 2.63 bits per heavy atom. The molecule has 1 rings (SSSR count). The SMILES string of the molecule is CNC(=O)c1ccc(NCC(C)C(=O)OC)cc1F. The molecule has 1 amide bonds. The summed E-state index contributed by atoms with van der Waals surface area (Å²) in [5, 5.41) is 5.27. The van der Waals surface area contributed by atoms with Crippen LogP contribution in [0.25, 0.3) is 0 Å². The number of halogens is 1. The van der Waals surface area contributed by atoms with Crippen molar-refractivity contribution < 1.29 is 18.7 Å². The lowest BCUT2D eigenvalue weighted by atomic mass is 10.1. The van der Waals surface area contributed by atoms with E-state index in [9.17, 15) is 14.0 Å². The number of carbonyl (C=O) groups is 2. The fourth-order valence-electron chi connectivity index (χ4n) is 1.50. The summed E-state index contributed by atoms with van der Waals surface area (Å²) in [6.45, 7) is 2.03. The molecule has 0 spiro atoms. The van der Waals surface area contributed by atoms with E-state index in [1.807, 2.05) is 0 Å². The number of hydrogen-bond donors (Lipinski definition) is 2. The van der Waals surface area contributed by atoms with Crippen LogP contribution in [0.3, 0.4) is 0 Å². The summed E-state index contributed by atoms with van der Waals surface area (Å²) in [5.41, 5.74) is 0.481. The maximum absolute atomic E-state index is 13.6. The van der Waals surface area contributed by atoms with E-state index < -0.39 is 11.7 Å². The highest BCUT2D eigenvalue weighted by Gasteiger charge is 2.14. The highest BCUT2D eigenvalue weighted by Crippen LogP contribution is 2.15. The molecule has 104 valence electrons. The summed E-state index contributed by atoms with van der Waals surface area (Å²) in [4.78, 5) is 22.5. The van der Waals surface area contributed by atoms with Crippen LogP contribution in [-0.4, -0.2) is 32.6 Å². The van der Waals surface area contributed by atoms with Crippen LogP contribution in [0, 0.1) is 11.7 Å². The highest BCUT2D eigenvalue weighted by atomic mass is 19.1. The van der Waals surface area contributed by atoms with Crippen LogP contribution in [0.4, 0.5) is 10.1 Å². The molecule has 1 atom stereocenters. The summed E-state index contributed by atoms with van der Waals surface area (Å²) < 4.78 is 18.2. The molecule has 6 heteroatoms. The summed E-state index contributed by atoms with van der Waals surface area (Å²) in [6, 6.07) is 4.19. The molecule has 0 aliphatic heterocycles. The van der Waals surface area contributed by atoms with E-state index in [0.717, 1.165) is 0 Å². The summed E-state index contributed by atoms with van der Waals surface area (Å²) in [6.07, 6.45) is 0. The van der Waals surface area contributed by atoms with Crippen molar-refractivity contribution in [2.45, 2.75) is 6.92 Å². The first-order chi connectivity index (χ1) is 8.99. The van der Waals surface area contributed by atoms with Crippen molar-refractivity contribution >= 4 is 17.6 Å². The molecule has 0 aromatic heterocycles. The van der Waals surface area contributed by atoms with Crippen LogP contribution in [-0.2, 0) is 9.53 Å². The summed E-state index contributed by atoms with van der Waals surface area (Å²) in [5.74, 6) is -1.77. The molecule has 0 heterocycles. The third kappa shape index (κ3) is 3.94. The fraction of sp³-hybridized carbons (Fsp3) is 0.385. The number of carbonyl (C=O) groups excluding carboxylic acids is 2. The third-order valence-corrected chi connectivity index (χ3v) is 2.66. The minimum absolute atomic E-state index is 0.0194. The number of amides is 1. The first-order valence-electron chi connectivity index (χ1n) is 5.83. The molecule has 0 fully saturated rings. The standard InChI is InChI=1S/C13H17FN2O3/c1-8(13(18)19-3)7-16-9-4-5-10(11(14)6-9)12(17)15-2/h4-6,8,16H,7H2,1-3H3,(H,15,17). The number of esters is 1. The van der Waals surface area contributed by atoms with Gasteiger partial charge in [-0.2, -0.15) is 0 Å². The van der Waals surface area contributed by atoms with Gasteiger partial charge in [-0.1, -0.05) is 6.92 Å². The zero-order valence-corrected chi connectivity index (χ0v) is 11.1. The third-order valence-electron chi connectivity index (χ3n) is 2.66. The van der Waals surface area contributed by atoms with Gasteiger partial charge in [0, 0.05) is 19.3 Å². The molecule has 19 heavy (non-hydrogen) atoms. The predicted octanol–water partition coefficient (Wildman–Crippen LogP) is 1.41. The van der Waals surface area contributed by atoms with Gasteiger partial charge in [0.15, 0.2) is 0 Å². The number of ether oxygens (including phenoxy) is 1. The minimum Gasteiger partial charge on any atom is -0.469 e. The van der Waals surface area contributed by atoms with Crippen LogP contribution in [0.2, 0.25) is 0 Å². The van der Waals surface area contributed by atoms with Crippen molar-refractivity contribution in [1.82, 2.24) is 5.32 Å². The first-order valence-corrected chi connectivity index (χ1v) is 5.83. The maximum Gasteiger partial charge on any atom is 0.310 e. The molecule has 2 N–H and O–H groups in total. The summed E-state index contributed by atoms with van der Waals surface area (Å²) in [7, 11) is 2.75. The van der Waals surface area contributed by atoms with Crippen molar-refractivity contribution in [3.8, 4) is 0 Å². The molecule has 0 bridgehead atoms. The van der Waals surface area contributed by atoms with Gasteiger partial charge in [0.25, 0.3) is 5.91 Å². The number of benzene rings is 1. The topological polar surface area (TPSA) is 67.4 Å². The molecular weight excluding hydrogens is 251 g/mol. The predicted molar refractivity (Wildman–Crippen MR) is 69.5 cm³/mol. The number of hydrogen-bond acceptors (Lipinski definition) is 4. The number of rotatable bonds is 5. The molecule has 0 aliphatic carbocycles.